The zero-order valence-corrected chi connectivity index (χ0v) is 13.0. The van der Waals surface area contributed by atoms with Crippen molar-refractivity contribution in [1.29, 1.82) is 0 Å². The SMILES string of the molecule is CCCCCCCC(=O)N1CC(=O)OC1CCCCC. The van der Waals surface area contributed by atoms with Gasteiger partial charge in [0.2, 0.25) is 5.91 Å². The summed E-state index contributed by atoms with van der Waals surface area (Å²) in [5, 5.41) is 0. The summed E-state index contributed by atoms with van der Waals surface area (Å²) in [5.74, 6) is -0.181. The largest absolute Gasteiger partial charge is 0.440 e. The number of nitrogens with zero attached hydrogens (tertiary/aromatic N) is 1. The summed E-state index contributed by atoms with van der Waals surface area (Å²) in [6.07, 6.45) is 9.94. The molecule has 4 nitrogen and oxygen atoms in total. The lowest BCUT2D eigenvalue weighted by Gasteiger charge is -2.21. The maximum absolute atomic E-state index is 12.2. The van der Waals surface area contributed by atoms with Gasteiger partial charge in [0.1, 0.15) is 6.54 Å². The van der Waals surface area contributed by atoms with Gasteiger partial charge in [-0.25, -0.2) is 0 Å². The van der Waals surface area contributed by atoms with E-state index in [9.17, 15) is 9.59 Å². The first-order valence-corrected chi connectivity index (χ1v) is 8.18. The third kappa shape index (κ3) is 5.93. The van der Waals surface area contributed by atoms with Crippen molar-refractivity contribution in [2.24, 2.45) is 0 Å². The third-order valence-electron chi connectivity index (χ3n) is 3.78. The molecule has 1 fully saturated rings. The standard InChI is InChI=1S/C16H29NO3/c1-3-5-7-8-10-11-14(18)17-13-16(19)20-15(17)12-9-6-4-2/h15H,3-13H2,1-2H3. The predicted octanol–water partition coefficient (Wildman–Crippen LogP) is 3.64. The number of rotatable bonds is 10. The van der Waals surface area contributed by atoms with Gasteiger partial charge in [-0.05, 0) is 12.8 Å². The molecule has 0 radical (unpaired) electrons. The number of carbonyl (C=O) groups excluding carboxylic acids is 2. The van der Waals surface area contributed by atoms with Crippen LogP contribution in [0.2, 0.25) is 0 Å². The van der Waals surface area contributed by atoms with Gasteiger partial charge >= 0.3 is 5.97 Å². The van der Waals surface area contributed by atoms with Crippen molar-refractivity contribution in [3.05, 3.63) is 0 Å². The average Bonchev–Trinajstić information content (AvgIpc) is 2.80. The van der Waals surface area contributed by atoms with Crippen molar-refractivity contribution in [1.82, 2.24) is 4.90 Å². The van der Waals surface area contributed by atoms with Crippen molar-refractivity contribution in [2.45, 2.75) is 84.3 Å². The Labute approximate surface area is 122 Å². The van der Waals surface area contributed by atoms with Gasteiger partial charge in [-0.2, -0.15) is 0 Å². The van der Waals surface area contributed by atoms with Crippen LogP contribution >= 0.6 is 0 Å². The number of hydrogen-bond acceptors (Lipinski definition) is 3. The van der Waals surface area contributed by atoms with E-state index in [2.05, 4.69) is 13.8 Å². The summed E-state index contributed by atoms with van der Waals surface area (Å²) >= 11 is 0. The lowest BCUT2D eigenvalue weighted by atomic mass is 10.1. The van der Waals surface area contributed by atoms with Gasteiger partial charge in [0.25, 0.3) is 0 Å². The lowest BCUT2D eigenvalue weighted by Crippen LogP contribution is -2.36. The molecule has 1 aliphatic rings. The van der Waals surface area contributed by atoms with Crippen LogP contribution in [-0.2, 0) is 14.3 Å². The third-order valence-corrected chi connectivity index (χ3v) is 3.78. The Balaban J connectivity index is 2.29. The maximum Gasteiger partial charge on any atom is 0.327 e. The normalized spacial score (nSPS) is 18.4. The van der Waals surface area contributed by atoms with Crippen molar-refractivity contribution in [2.75, 3.05) is 6.54 Å². The average molecular weight is 283 g/mol. The monoisotopic (exact) mass is 283 g/mol. The fourth-order valence-corrected chi connectivity index (χ4v) is 2.55. The van der Waals surface area contributed by atoms with Crippen LogP contribution in [-0.4, -0.2) is 29.5 Å². The Hall–Kier alpha value is -1.06. The van der Waals surface area contributed by atoms with E-state index in [0.717, 1.165) is 38.5 Å². The molecule has 1 amide bonds. The molecule has 0 aromatic rings. The van der Waals surface area contributed by atoms with E-state index in [1.165, 1.54) is 19.3 Å². The first kappa shape index (κ1) is 17.0. The molecule has 0 aromatic heterocycles. The molecule has 1 atom stereocenters. The smallest absolute Gasteiger partial charge is 0.327 e. The summed E-state index contributed by atoms with van der Waals surface area (Å²) in [6.45, 7) is 4.46. The Morgan fingerprint density at radius 3 is 2.45 bits per heavy atom. The van der Waals surface area contributed by atoms with Gasteiger partial charge in [-0.3, -0.25) is 14.5 Å². The first-order valence-electron chi connectivity index (χ1n) is 8.18. The minimum Gasteiger partial charge on any atom is -0.440 e. The molecule has 0 aromatic carbocycles. The summed E-state index contributed by atoms with van der Waals surface area (Å²) in [5.41, 5.74) is 0. The second-order valence-electron chi connectivity index (χ2n) is 5.63. The molecule has 0 aliphatic carbocycles. The molecule has 0 bridgehead atoms. The molecule has 116 valence electrons. The topological polar surface area (TPSA) is 46.6 Å². The van der Waals surface area contributed by atoms with Gasteiger partial charge in [0.15, 0.2) is 6.23 Å². The van der Waals surface area contributed by atoms with E-state index >= 15 is 0 Å². The van der Waals surface area contributed by atoms with Crippen LogP contribution in [0, 0.1) is 0 Å². The number of hydrogen-bond donors (Lipinski definition) is 0. The zero-order valence-electron chi connectivity index (χ0n) is 13.0. The Bertz CT molecular complexity index is 304. The van der Waals surface area contributed by atoms with Crippen molar-refractivity contribution in [3.63, 3.8) is 0 Å². The minimum atomic E-state index is -0.308. The van der Waals surface area contributed by atoms with Gasteiger partial charge < -0.3 is 4.74 Å². The van der Waals surface area contributed by atoms with E-state index in [1.807, 2.05) is 0 Å². The molecule has 1 rings (SSSR count). The molecule has 4 heteroatoms. The number of esters is 1. The number of unbranched alkanes of at least 4 members (excludes halogenated alkanes) is 6. The second-order valence-corrected chi connectivity index (χ2v) is 5.63. The first-order chi connectivity index (χ1) is 9.69. The highest BCUT2D eigenvalue weighted by molar-refractivity contribution is 5.84. The fraction of sp³-hybridized carbons (Fsp3) is 0.875. The van der Waals surface area contributed by atoms with E-state index in [0.29, 0.717) is 6.42 Å². The van der Waals surface area contributed by atoms with Crippen molar-refractivity contribution < 1.29 is 14.3 Å². The maximum atomic E-state index is 12.2. The zero-order chi connectivity index (χ0) is 14.8. The highest BCUT2D eigenvalue weighted by atomic mass is 16.6. The molecule has 1 aliphatic heterocycles. The van der Waals surface area contributed by atoms with E-state index in [-0.39, 0.29) is 24.6 Å². The van der Waals surface area contributed by atoms with Crippen LogP contribution in [0.5, 0.6) is 0 Å². The summed E-state index contributed by atoms with van der Waals surface area (Å²) in [7, 11) is 0. The molecule has 1 saturated heterocycles. The van der Waals surface area contributed by atoms with Crippen LogP contribution in [0.25, 0.3) is 0 Å². The van der Waals surface area contributed by atoms with E-state index < -0.39 is 0 Å². The van der Waals surface area contributed by atoms with Gasteiger partial charge in [-0.1, -0.05) is 52.4 Å². The second kappa shape index (κ2) is 9.78. The number of carbonyl (C=O) groups is 2. The van der Waals surface area contributed by atoms with Crippen molar-refractivity contribution in [3.8, 4) is 0 Å². The van der Waals surface area contributed by atoms with Crippen LogP contribution in [0.15, 0.2) is 0 Å². The quantitative estimate of drug-likeness (QED) is 0.454. The molecule has 1 unspecified atom stereocenters. The van der Waals surface area contributed by atoms with Gasteiger partial charge in [0.05, 0.1) is 0 Å². The van der Waals surface area contributed by atoms with E-state index in [4.69, 9.17) is 4.74 Å². The number of amides is 1. The highest BCUT2D eigenvalue weighted by Crippen LogP contribution is 2.19. The molecule has 0 saturated carbocycles. The Morgan fingerprint density at radius 2 is 1.75 bits per heavy atom. The Morgan fingerprint density at radius 1 is 1.10 bits per heavy atom. The summed E-state index contributed by atoms with van der Waals surface area (Å²) < 4.78 is 5.25. The Kier molecular flexibility index (Phi) is 8.31. The molecule has 1 heterocycles. The summed E-state index contributed by atoms with van der Waals surface area (Å²) in [6, 6.07) is 0. The minimum absolute atomic E-state index is 0.0776. The van der Waals surface area contributed by atoms with Crippen molar-refractivity contribution >= 4 is 11.9 Å². The highest BCUT2D eigenvalue weighted by Gasteiger charge is 2.34. The lowest BCUT2D eigenvalue weighted by molar-refractivity contribution is -0.143. The molecular weight excluding hydrogens is 254 g/mol. The predicted molar refractivity (Wildman–Crippen MR) is 79.1 cm³/mol. The molecule has 20 heavy (non-hydrogen) atoms. The van der Waals surface area contributed by atoms with Crippen LogP contribution < -0.4 is 0 Å². The molecular formula is C16H29NO3. The van der Waals surface area contributed by atoms with Crippen LogP contribution in [0.4, 0.5) is 0 Å². The summed E-state index contributed by atoms with van der Waals surface area (Å²) in [4.78, 5) is 25.2. The number of ether oxygens (including phenoxy) is 1. The van der Waals surface area contributed by atoms with Crippen LogP contribution in [0.1, 0.15) is 78.1 Å². The molecule has 0 spiro atoms. The van der Waals surface area contributed by atoms with Gasteiger partial charge in [-0.15, -0.1) is 0 Å². The molecule has 0 N–H and O–H groups in total. The number of cyclic esters (lactones) is 1. The van der Waals surface area contributed by atoms with Crippen LogP contribution in [0.3, 0.4) is 0 Å². The fourth-order valence-electron chi connectivity index (χ4n) is 2.55. The van der Waals surface area contributed by atoms with E-state index in [1.54, 1.807) is 4.90 Å². The van der Waals surface area contributed by atoms with Gasteiger partial charge in [0, 0.05) is 12.8 Å².